The molecule has 3 heterocycles. The molecule has 3 saturated heterocycles. The molecular formula is C35H57NO2. The van der Waals surface area contributed by atoms with Gasteiger partial charge in [-0.2, -0.15) is 0 Å². The molecule has 0 aromatic heterocycles. The molecular weight excluding hydrogens is 466 g/mol. The minimum atomic E-state index is 0.116. The second-order valence-electron chi connectivity index (χ2n) is 15.8. The number of hydrogen-bond donors (Lipinski definition) is 0. The highest BCUT2D eigenvalue weighted by Gasteiger charge is 2.59. The van der Waals surface area contributed by atoms with Gasteiger partial charge in [-0.05, 0) is 123 Å². The van der Waals surface area contributed by atoms with E-state index in [-0.39, 0.29) is 18.0 Å². The second kappa shape index (κ2) is 10.5. The lowest BCUT2D eigenvalue weighted by molar-refractivity contribution is -0.163. The molecule has 8 unspecified atom stereocenters. The molecule has 3 heteroatoms. The van der Waals surface area contributed by atoms with Crippen molar-refractivity contribution in [2.75, 3.05) is 19.6 Å². The third-order valence-electron chi connectivity index (χ3n) is 13.5. The molecule has 3 nitrogen and oxygen atoms in total. The fraction of sp³-hybridized carbons (Fsp3) is 0.914. The summed E-state index contributed by atoms with van der Waals surface area (Å²) in [6.07, 6.45) is 19.8. The van der Waals surface area contributed by atoms with Crippen LogP contribution in [0.1, 0.15) is 118 Å². The van der Waals surface area contributed by atoms with Crippen LogP contribution < -0.4 is 0 Å². The zero-order valence-corrected chi connectivity index (χ0v) is 25.4. The maximum Gasteiger partial charge on any atom is 0.310 e. The van der Waals surface area contributed by atoms with Crippen LogP contribution in [-0.2, 0) is 9.53 Å². The van der Waals surface area contributed by atoms with E-state index in [0.717, 1.165) is 54.9 Å². The summed E-state index contributed by atoms with van der Waals surface area (Å²) >= 11 is 0. The van der Waals surface area contributed by atoms with Crippen LogP contribution in [0.5, 0.6) is 0 Å². The molecule has 38 heavy (non-hydrogen) atoms. The zero-order valence-electron chi connectivity index (χ0n) is 25.4. The molecule has 3 aliphatic heterocycles. The van der Waals surface area contributed by atoms with Crippen molar-refractivity contribution in [2.45, 2.75) is 124 Å². The average Bonchev–Trinajstić information content (AvgIpc) is 3.26. The van der Waals surface area contributed by atoms with Crippen molar-refractivity contribution in [1.82, 2.24) is 4.90 Å². The van der Waals surface area contributed by atoms with Crippen molar-refractivity contribution in [3.63, 3.8) is 0 Å². The number of piperidine rings is 3. The van der Waals surface area contributed by atoms with Crippen molar-refractivity contribution >= 4 is 5.97 Å². The Kier molecular flexibility index (Phi) is 7.58. The summed E-state index contributed by atoms with van der Waals surface area (Å²) in [6.45, 7) is 16.0. The highest BCUT2D eigenvalue weighted by atomic mass is 16.5. The quantitative estimate of drug-likeness (QED) is 0.248. The molecule has 0 aromatic rings. The van der Waals surface area contributed by atoms with Crippen LogP contribution in [0.3, 0.4) is 0 Å². The first-order valence-corrected chi connectivity index (χ1v) is 16.8. The average molecular weight is 524 g/mol. The van der Waals surface area contributed by atoms with Crippen LogP contribution in [0.25, 0.3) is 0 Å². The minimum Gasteiger partial charge on any atom is -0.462 e. The predicted octanol–water partition coefficient (Wildman–Crippen LogP) is 8.28. The van der Waals surface area contributed by atoms with E-state index in [2.05, 4.69) is 45.6 Å². The number of hydrogen-bond acceptors (Lipinski definition) is 3. The molecule has 6 fully saturated rings. The Morgan fingerprint density at radius 3 is 2.50 bits per heavy atom. The van der Waals surface area contributed by atoms with Crippen LogP contribution in [-0.4, -0.2) is 36.6 Å². The first-order valence-electron chi connectivity index (χ1n) is 16.8. The van der Waals surface area contributed by atoms with E-state index < -0.39 is 0 Å². The number of ether oxygens (including phenoxy) is 1. The van der Waals surface area contributed by atoms with E-state index in [0.29, 0.717) is 16.7 Å². The Morgan fingerprint density at radius 1 is 1.00 bits per heavy atom. The van der Waals surface area contributed by atoms with Gasteiger partial charge in [0, 0.05) is 13.0 Å². The van der Waals surface area contributed by atoms with Crippen molar-refractivity contribution in [3.05, 3.63) is 11.6 Å². The Hall–Kier alpha value is -0.830. The normalized spacial score (nSPS) is 46.6. The molecule has 4 aliphatic carbocycles. The Labute approximate surface area is 233 Å². The zero-order chi connectivity index (χ0) is 26.7. The number of carbonyl (C=O) groups excluding carboxylic acids is 1. The SMILES string of the molecule is CC(C)CCCC(C)C1CCC2C3CC=C4CC(OC(=O)[C@@H]5CN6CCC5CC6)CCC4(C)C3CCC12C. The highest BCUT2D eigenvalue weighted by Crippen LogP contribution is 2.67. The maximum absolute atomic E-state index is 13.2. The van der Waals surface area contributed by atoms with Gasteiger partial charge in [0.1, 0.15) is 6.10 Å². The summed E-state index contributed by atoms with van der Waals surface area (Å²) < 4.78 is 6.28. The lowest BCUT2D eigenvalue weighted by Gasteiger charge is -2.58. The molecule has 9 atom stereocenters. The monoisotopic (exact) mass is 523 g/mol. The number of carbonyl (C=O) groups is 1. The molecule has 7 rings (SSSR count). The third kappa shape index (κ3) is 4.73. The molecule has 214 valence electrons. The van der Waals surface area contributed by atoms with Crippen LogP contribution >= 0.6 is 0 Å². The van der Waals surface area contributed by atoms with Gasteiger partial charge in [0.05, 0.1) is 5.92 Å². The van der Waals surface area contributed by atoms with Crippen molar-refractivity contribution in [1.29, 1.82) is 0 Å². The second-order valence-corrected chi connectivity index (χ2v) is 15.8. The van der Waals surface area contributed by atoms with Gasteiger partial charge in [-0.15, -0.1) is 0 Å². The Morgan fingerprint density at radius 2 is 1.79 bits per heavy atom. The molecule has 2 bridgehead atoms. The summed E-state index contributed by atoms with van der Waals surface area (Å²) in [5.74, 6) is 6.11. The molecule has 0 spiro atoms. The first-order chi connectivity index (χ1) is 18.2. The lowest BCUT2D eigenvalue weighted by atomic mass is 9.47. The lowest BCUT2D eigenvalue weighted by Crippen LogP contribution is -2.52. The summed E-state index contributed by atoms with van der Waals surface area (Å²) in [6, 6.07) is 0. The van der Waals surface area contributed by atoms with Gasteiger partial charge < -0.3 is 9.64 Å². The van der Waals surface area contributed by atoms with Crippen LogP contribution in [0.4, 0.5) is 0 Å². The predicted molar refractivity (Wildman–Crippen MR) is 156 cm³/mol. The van der Waals surface area contributed by atoms with Gasteiger partial charge in [-0.25, -0.2) is 0 Å². The molecule has 0 aromatic carbocycles. The van der Waals surface area contributed by atoms with Gasteiger partial charge >= 0.3 is 5.97 Å². The largest absolute Gasteiger partial charge is 0.462 e. The first kappa shape index (κ1) is 27.3. The van der Waals surface area contributed by atoms with E-state index in [9.17, 15) is 4.79 Å². The number of rotatable bonds is 7. The summed E-state index contributed by atoms with van der Waals surface area (Å²) in [5, 5.41) is 0. The molecule has 0 radical (unpaired) electrons. The van der Waals surface area contributed by atoms with Crippen molar-refractivity contribution in [3.8, 4) is 0 Å². The van der Waals surface area contributed by atoms with E-state index >= 15 is 0 Å². The van der Waals surface area contributed by atoms with Gasteiger partial charge in [0.25, 0.3) is 0 Å². The Bertz CT molecular complexity index is 902. The Balaban J connectivity index is 1.10. The molecule has 3 saturated carbocycles. The van der Waals surface area contributed by atoms with Crippen LogP contribution in [0.15, 0.2) is 11.6 Å². The summed E-state index contributed by atoms with van der Waals surface area (Å²) in [7, 11) is 0. The fourth-order valence-electron chi connectivity index (χ4n) is 11.2. The van der Waals surface area contributed by atoms with Crippen LogP contribution in [0.2, 0.25) is 0 Å². The maximum atomic E-state index is 13.2. The molecule has 0 amide bonds. The summed E-state index contributed by atoms with van der Waals surface area (Å²) in [5.41, 5.74) is 2.54. The van der Waals surface area contributed by atoms with Crippen molar-refractivity contribution in [2.24, 2.45) is 58.2 Å². The highest BCUT2D eigenvalue weighted by molar-refractivity contribution is 5.73. The van der Waals surface area contributed by atoms with E-state index in [1.807, 2.05) is 0 Å². The standard InChI is InChI=1S/C35H57NO2/c1-23(2)7-6-8-24(3)30-11-12-31-28-10-9-26-21-27(13-17-34(26,4)32(28)14-18-35(30,31)5)38-33(37)29-22-36-19-15-25(29)16-20-36/h9,23-25,27-32H,6-8,10-22H2,1-5H3/t24?,27?,28?,29-,30?,31?,32?,34?,35?/m1/s1. The van der Waals surface area contributed by atoms with Crippen molar-refractivity contribution < 1.29 is 9.53 Å². The van der Waals surface area contributed by atoms with E-state index in [1.54, 1.807) is 5.57 Å². The smallest absolute Gasteiger partial charge is 0.310 e. The van der Waals surface area contributed by atoms with Crippen LogP contribution in [0, 0.1) is 58.2 Å². The molecule has 7 aliphatic rings. The number of esters is 1. The minimum absolute atomic E-state index is 0.116. The number of fused-ring (bicyclic) bond motifs is 8. The van der Waals surface area contributed by atoms with Gasteiger partial charge in [-0.1, -0.05) is 65.5 Å². The molecule has 0 N–H and O–H groups in total. The third-order valence-corrected chi connectivity index (χ3v) is 13.5. The van der Waals surface area contributed by atoms with E-state index in [4.69, 9.17) is 4.74 Å². The van der Waals surface area contributed by atoms with Gasteiger partial charge in [-0.3, -0.25) is 4.79 Å². The van der Waals surface area contributed by atoms with Gasteiger partial charge in [0.2, 0.25) is 0 Å². The fourth-order valence-corrected chi connectivity index (χ4v) is 11.2. The van der Waals surface area contributed by atoms with E-state index in [1.165, 1.54) is 83.7 Å². The topological polar surface area (TPSA) is 29.5 Å². The summed E-state index contributed by atoms with van der Waals surface area (Å²) in [4.78, 5) is 15.7. The number of allylic oxidation sites excluding steroid dienone is 1. The number of nitrogens with zero attached hydrogens (tertiary/aromatic N) is 1. The van der Waals surface area contributed by atoms with Gasteiger partial charge in [0.15, 0.2) is 0 Å².